The third-order valence-corrected chi connectivity index (χ3v) is 1.06. The molecule has 0 aromatic rings. The molecule has 0 amide bonds. The summed E-state index contributed by atoms with van der Waals surface area (Å²) in [5.74, 6) is 0. The highest BCUT2D eigenvalue weighted by Crippen LogP contribution is 2.02. The highest BCUT2D eigenvalue weighted by Gasteiger charge is 2.08. The first-order valence-corrected chi connectivity index (χ1v) is 2.56. The monoisotopic (exact) mass is 122 g/mol. The summed E-state index contributed by atoms with van der Waals surface area (Å²) in [6.07, 6.45) is 6.43. The molecular formula is C6H6N2O. The Balaban J connectivity index is 2.68. The Hall–Kier alpha value is -1.27. The molecule has 1 aliphatic rings. The molecule has 1 unspecified atom stereocenters. The number of hydroxylamine groups is 2. The van der Waals surface area contributed by atoms with E-state index in [-0.39, 0.29) is 0 Å². The second-order valence-corrected chi connectivity index (χ2v) is 1.68. The van der Waals surface area contributed by atoms with Crippen LogP contribution in [0.15, 0.2) is 24.4 Å². The van der Waals surface area contributed by atoms with Gasteiger partial charge in [0, 0.05) is 6.20 Å². The van der Waals surface area contributed by atoms with Gasteiger partial charge in [-0.15, -0.1) is 0 Å². The first-order chi connectivity index (χ1) is 4.34. The topological polar surface area (TPSA) is 47.3 Å². The van der Waals surface area contributed by atoms with Crippen LogP contribution >= 0.6 is 0 Å². The van der Waals surface area contributed by atoms with Crippen LogP contribution in [0.5, 0.6) is 0 Å². The Morgan fingerprint density at radius 2 is 2.33 bits per heavy atom. The lowest BCUT2D eigenvalue weighted by Gasteiger charge is -2.16. The van der Waals surface area contributed by atoms with E-state index >= 15 is 0 Å². The van der Waals surface area contributed by atoms with Crippen molar-refractivity contribution in [3.63, 3.8) is 0 Å². The van der Waals surface area contributed by atoms with Crippen LogP contribution in [0.1, 0.15) is 0 Å². The number of allylic oxidation sites excluding steroid dienone is 2. The minimum atomic E-state index is -0.519. The lowest BCUT2D eigenvalue weighted by Crippen LogP contribution is -2.25. The number of hydrogen-bond acceptors (Lipinski definition) is 3. The van der Waals surface area contributed by atoms with Crippen molar-refractivity contribution >= 4 is 0 Å². The third-order valence-electron chi connectivity index (χ3n) is 1.06. The average Bonchev–Trinajstić information content (AvgIpc) is 1.89. The summed E-state index contributed by atoms with van der Waals surface area (Å²) < 4.78 is 0. The lowest BCUT2D eigenvalue weighted by molar-refractivity contribution is -0.0501. The van der Waals surface area contributed by atoms with Gasteiger partial charge in [-0.05, 0) is 12.2 Å². The summed E-state index contributed by atoms with van der Waals surface area (Å²) in [6.45, 7) is 0. The van der Waals surface area contributed by atoms with Crippen LogP contribution in [0.2, 0.25) is 0 Å². The second kappa shape index (κ2) is 2.33. The Bertz CT molecular complexity index is 190. The van der Waals surface area contributed by atoms with E-state index in [2.05, 4.69) is 0 Å². The van der Waals surface area contributed by atoms with Gasteiger partial charge in [0.05, 0.1) is 6.07 Å². The van der Waals surface area contributed by atoms with Crippen LogP contribution in [0.4, 0.5) is 0 Å². The van der Waals surface area contributed by atoms with Crippen LogP contribution in [-0.2, 0) is 0 Å². The van der Waals surface area contributed by atoms with Crippen LogP contribution in [0, 0.1) is 11.3 Å². The van der Waals surface area contributed by atoms with Gasteiger partial charge in [0.25, 0.3) is 0 Å². The Morgan fingerprint density at radius 3 is 2.78 bits per heavy atom. The van der Waals surface area contributed by atoms with Crippen molar-refractivity contribution in [1.29, 1.82) is 5.26 Å². The Labute approximate surface area is 53.1 Å². The highest BCUT2D eigenvalue weighted by molar-refractivity contribution is 5.17. The van der Waals surface area contributed by atoms with Gasteiger partial charge in [0.15, 0.2) is 6.04 Å². The van der Waals surface area contributed by atoms with Gasteiger partial charge in [-0.1, -0.05) is 6.08 Å². The number of hydrogen-bond donors (Lipinski definition) is 1. The first kappa shape index (κ1) is 5.86. The van der Waals surface area contributed by atoms with E-state index in [9.17, 15) is 0 Å². The summed E-state index contributed by atoms with van der Waals surface area (Å²) in [7, 11) is 0. The number of nitriles is 1. The Kier molecular flexibility index (Phi) is 1.52. The predicted octanol–water partition coefficient (Wildman–Crippen LogP) is 0.653. The van der Waals surface area contributed by atoms with E-state index in [1.807, 2.05) is 6.07 Å². The molecule has 1 atom stereocenters. The van der Waals surface area contributed by atoms with Crippen molar-refractivity contribution in [2.75, 3.05) is 0 Å². The van der Waals surface area contributed by atoms with Gasteiger partial charge in [0.1, 0.15) is 0 Å². The summed E-state index contributed by atoms with van der Waals surface area (Å²) in [5, 5.41) is 18.0. The van der Waals surface area contributed by atoms with Gasteiger partial charge in [-0.3, -0.25) is 5.21 Å². The van der Waals surface area contributed by atoms with Crippen LogP contribution < -0.4 is 0 Å². The minimum Gasteiger partial charge on any atom is -0.287 e. The quantitative estimate of drug-likeness (QED) is 0.513. The smallest absolute Gasteiger partial charge is 0.160 e. The average molecular weight is 122 g/mol. The molecule has 0 saturated heterocycles. The highest BCUT2D eigenvalue weighted by atomic mass is 16.5. The molecule has 46 valence electrons. The zero-order valence-electron chi connectivity index (χ0n) is 4.73. The van der Waals surface area contributed by atoms with Gasteiger partial charge >= 0.3 is 0 Å². The first-order valence-electron chi connectivity index (χ1n) is 2.56. The fraction of sp³-hybridized carbons (Fsp3) is 0.167. The van der Waals surface area contributed by atoms with Crippen LogP contribution in [0.3, 0.4) is 0 Å². The maximum atomic E-state index is 8.84. The van der Waals surface area contributed by atoms with E-state index in [0.29, 0.717) is 0 Å². The third kappa shape index (κ3) is 1.09. The van der Waals surface area contributed by atoms with Crippen molar-refractivity contribution in [1.82, 2.24) is 5.06 Å². The molecule has 0 radical (unpaired) electrons. The molecule has 1 aliphatic heterocycles. The molecule has 0 aliphatic carbocycles. The normalized spacial score (nSPS) is 24.0. The Morgan fingerprint density at radius 1 is 1.56 bits per heavy atom. The summed E-state index contributed by atoms with van der Waals surface area (Å²) >= 11 is 0. The molecule has 0 bridgehead atoms. The summed E-state index contributed by atoms with van der Waals surface area (Å²) in [4.78, 5) is 0. The molecule has 0 saturated carbocycles. The maximum Gasteiger partial charge on any atom is 0.160 e. The van der Waals surface area contributed by atoms with E-state index in [0.717, 1.165) is 5.06 Å². The molecule has 0 fully saturated rings. The largest absolute Gasteiger partial charge is 0.287 e. The molecule has 0 aromatic heterocycles. The molecule has 9 heavy (non-hydrogen) atoms. The molecule has 3 heteroatoms. The minimum absolute atomic E-state index is 0.519. The summed E-state index contributed by atoms with van der Waals surface area (Å²) in [5.41, 5.74) is 0. The van der Waals surface area contributed by atoms with Crippen LogP contribution in [-0.4, -0.2) is 16.3 Å². The molecule has 3 nitrogen and oxygen atoms in total. The van der Waals surface area contributed by atoms with E-state index in [1.54, 1.807) is 18.2 Å². The van der Waals surface area contributed by atoms with Crippen molar-refractivity contribution in [3.8, 4) is 6.07 Å². The van der Waals surface area contributed by atoms with E-state index < -0.39 is 6.04 Å². The second-order valence-electron chi connectivity index (χ2n) is 1.68. The molecule has 0 aromatic carbocycles. The van der Waals surface area contributed by atoms with Gasteiger partial charge in [0.2, 0.25) is 0 Å². The van der Waals surface area contributed by atoms with Crippen molar-refractivity contribution in [2.45, 2.75) is 6.04 Å². The fourth-order valence-corrected chi connectivity index (χ4v) is 0.590. The zero-order chi connectivity index (χ0) is 6.69. The van der Waals surface area contributed by atoms with E-state index in [1.165, 1.54) is 6.20 Å². The predicted molar refractivity (Wildman–Crippen MR) is 31.3 cm³/mol. The van der Waals surface area contributed by atoms with Crippen LogP contribution in [0.25, 0.3) is 0 Å². The summed E-state index contributed by atoms with van der Waals surface area (Å²) in [6, 6.07) is 1.37. The van der Waals surface area contributed by atoms with Gasteiger partial charge in [-0.25, -0.2) is 5.06 Å². The van der Waals surface area contributed by atoms with E-state index in [4.69, 9.17) is 10.5 Å². The molecule has 1 N–H and O–H groups in total. The molecule has 0 spiro atoms. The van der Waals surface area contributed by atoms with Crippen molar-refractivity contribution in [2.24, 2.45) is 0 Å². The van der Waals surface area contributed by atoms with Gasteiger partial charge < -0.3 is 0 Å². The lowest BCUT2D eigenvalue weighted by atomic mass is 10.2. The van der Waals surface area contributed by atoms with Crippen molar-refractivity contribution < 1.29 is 5.21 Å². The molecular weight excluding hydrogens is 116 g/mol. The van der Waals surface area contributed by atoms with Crippen molar-refractivity contribution in [3.05, 3.63) is 24.4 Å². The molecule has 1 rings (SSSR count). The van der Waals surface area contributed by atoms with Gasteiger partial charge in [-0.2, -0.15) is 5.26 Å². The number of nitrogens with zero attached hydrogens (tertiary/aromatic N) is 2. The SMILES string of the molecule is N#CC1C=CC=CN1O. The zero-order valence-corrected chi connectivity index (χ0v) is 4.73. The fourth-order valence-electron chi connectivity index (χ4n) is 0.590. The standard InChI is InChI=1S/C6H6N2O/c7-5-6-3-1-2-4-8(6)9/h1-4,6,9H. The maximum absolute atomic E-state index is 8.84. The number of rotatable bonds is 0. The molecule has 1 heterocycles.